The van der Waals surface area contributed by atoms with Crippen LogP contribution in [0.2, 0.25) is 0 Å². The molecule has 1 saturated heterocycles. The van der Waals surface area contributed by atoms with E-state index in [-0.39, 0.29) is 23.9 Å². The van der Waals surface area contributed by atoms with Crippen molar-refractivity contribution < 1.29 is 9.59 Å². The number of hydrogen-bond acceptors (Lipinski definition) is 5. The Morgan fingerprint density at radius 3 is 2.75 bits per heavy atom. The SMILES string of the molecule is CNC(=O)[C@H]1CN(C(=O)c2cncs2)CCN1C(C)C. The Morgan fingerprint density at radius 2 is 2.20 bits per heavy atom. The molecule has 6 nitrogen and oxygen atoms in total. The van der Waals surface area contributed by atoms with Crippen molar-refractivity contribution in [1.29, 1.82) is 0 Å². The fourth-order valence-corrected chi connectivity index (χ4v) is 3.06. The number of nitrogens with zero attached hydrogens (tertiary/aromatic N) is 3. The maximum atomic E-state index is 12.3. The highest BCUT2D eigenvalue weighted by Gasteiger charge is 2.35. The van der Waals surface area contributed by atoms with Crippen LogP contribution in [0.15, 0.2) is 11.7 Å². The molecule has 0 unspecified atom stereocenters. The molecule has 1 atom stereocenters. The van der Waals surface area contributed by atoms with Gasteiger partial charge in [-0.2, -0.15) is 0 Å². The molecule has 0 radical (unpaired) electrons. The molecule has 2 heterocycles. The summed E-state index contributed by atoms with van der Waals surface area (Å²) >= 11 is 1.33. The number of thiazole rings is 1. The lowest BCUT2D eigenvalue weighted by Gasteiger charge is -2.42. The molecule has 110 valence electrons. The molecule has 1 fully saturated rings. The monoisotopic (exact) mass is 296 g/mol. The zero-order valence-corrected chi connectivity index (χ0v) is 12.8. The van der Waals surface area contributed by atoms with Crippen LogP contribution in [0.3, 0.4) is 0 Å². The first-order valence-corrected chi connectivity index (χ1v) is 7.57. The topological polar surface area (TPSA) is 65.5 Å². The Balaban J connectivity index is 2.12. The first kappa shape index (κ1) is 14.9. The molecule has 20 heavy (non-hydrogen) atoms. The molecule has 7 heteroatoms. The number of carbonyl (C=O) groups is 2. The van der Waals surface area contributed by atoms with E-state index < -0.39 is 0 Å². The average Bonchev–Trinajstić information content (AvgIpc) is 2.99. The van der Waals surface area contributed by atoms with E-state index in [1.54, 1.807) is 23.7 Å². The highest BCUT2D eigenvalue weighted by Crippen LogP contribution is 2.17. The van der Waals surface area contributed by atoms with E-state index in [9.17, 15) is 9.59 Å². The van der Waals surface area contributed by atoms with Crippen LogP contribution in [0.1, 0.15) is 23.5 Å². The molecular weight excluding hydrogens is 276 g/mol. The molecule has 1 aliphatic heterocycles. The van der Waals surface area contributed by atoms with E-state index in [4.69, 9.17) is 0 Å². The Morgan fingerprint density at radius 1 is 1.45 bits per heavy atom. The zero-order chi connectivity index (χ0) is 14.7. The summed E-state index contributed by atoms with van der Waals surface area (Å²) in [4.78, 5) is 32.8. The molecular formula is C13H20N4O2S. The molecule has 0 spiro atoms. The van der Waals surface area contributed by atoms with Crippen LogP contribution in [0.5, 0.6) is 0 Å². The van der Waals surface area contributed by atoms with Gasteiger partial charge in [0.25, 0.3) is 5.91 Å². The molecule has 0 aliphatic carbocycles. The lowest BCUT2D eigenvalue weighted by atomic mass is 10.1. The zero-order valence-electron chi connectivity index (χ0n) is 12.0. The van der Waals surface area contributed by atoms with Crippen molar-refractivity contribution in [3.63, 3.8) is 0 Å². The van der Waals surface area contributed by atoms with Crippen molar-refractivity contribution in [2.24, 2.45) is 0 Å². The Bertz CT molecular complexity index is 475. The molecule has 1 aromatic rings. The van der Waals surface area contributed by atoms with Crippen molar-refractivity contribution in [3.8, 4) is 0 Å². The smallest absolute Gasteiger partial charge is 0.265 e. The summed E-state index contributed by atoms with van der Waals surface area (Å²) in [7, 11) is 1.63. The number of likely N-dealkylation sites (N-methyl/N-ethyl adjacent to an activating group) is 1. The predicted molar refractivity (Wildman–Crippen MR) is 77.7 cm³/mol. The predicted octanol–water partition coefficient (Wildman–Crippen LogP) is 0.424. The average molecular weight is 296 g/mol. The second-order valence-corrected chi connectivity index (χ2v) is 5.96. The van der Waals surface area contributed by atoms with E-state index in [0.29, 0.717) is 24.5 Å². The summed E-state index contributed by atoms with van der Waals surface area (Å²) in [6.45, 7) is 5.91. The van der Waals surface area contributed by atoms with E-state index >= 15 is 0 Å². The summed E-state index contributed by atoms with van der Waals surface area (Å²) in [5.74, 6) is -0.0784. The second kappa shape index (κ2) is 6.32. The maximum Gasteiger partial charge on any atom is 0.265 e. The first-order chi connectivity index (χ1) is 9.54. The molecule has 1 aromatic heterocycles. The third-order valence-electron chi connectivity index (χ3n) is 3.56. The van der Waals surface area contributed by atoms with Crippen LogP contribution in [0, 0.1) is 0 Å². The normalized spacial score (nSPS) is 20.2. The number of aromatic nitrogens is 1. The van der Waals surface area contributed by atoms with Crippen molar-refractivity contribution in [3.05, 3.63) is 16.6 Å². The van der Waals surface area contributed by atoms with Gasteiger partial charge >= 0.3 is 0 Å². The summed E-state index contributed by atoms with van der Waals surface area (Å²) < 4.78 is 0. The van der Waals surface area contributed by atoms with E-state index in [0.717, 1.165) is 0 Å². The minimum atomic E-state index is -0.286. The van der Waals surface area contributed by atoms with Gasteiger partial charge in [0.15, 0.2) is 0 Å². The minimum Gasteiger partial charge on any atom is -0.358 e. The lowest BCUT2D eigenvalue weighted by molar-refractivity contribution is -0.128. The van der Waals surface area contributed by atoms with Gasteiger partial charge < -0.3 is 10.2 Å². The number of carbonyl (C=O) groups excluding carboxylic acids is 2. The van der Waals surface area contributed by atoms with Gasteiger partial charge in [0.05, 0.1) is 11.7 Å². The van der Waals surface area contributed by atoms with Gasteiger partial charge in [-0.1, -0.05) is 0 Å². The third kappa shape index (κ3) is 2.99. The molecule has 0 bridgehead atoms. The van der Waals surface area contributed by atoms with Crippen LogP contribution in [0.4, 0.5) is 0 Å². The Labute approximate surface area is 122 Å². The molecule has 0 aromatic carbocycles. The first-order valence-electron chi connectivity index (χ1n) is 6.69. The van der Waals surface area contributed by atoms with Gasteiger partial charge in [-0.15, -0.1) is 11.3 Å². The molecule has 1 N–H and O–H groups in total. The van der Waals surface area contributed by atoms with Crippen molar-refractivity contribution in [2.45, 2.75) is 25.9 Å². The van der Waals surface area contributed by atoms with Gasteiger partial charge in [0, 0.05) is 32.7 Å². The molecule has 2 amide bonds. The van der Waals surface area contributed by atoms with Gasteiger partial charge in [0.2, 0.25) is 5.91 Å². The van der Waals surface area contributed by atoms with E-state index in [1.807, 2.05) is 0 Å². The minimum absolute atomic E-state index is 0.0372. The van der Waals surface area contributed by atoms with Gasteiger partial charge in [-0.25, -0.2) is 0 Å². The number of nitrogens with one attached hydrogen (secondary N) is 1. The quantitative estimate of drug-likeness (QED) is 0.878. The number of amides is 2. The highest BCUT2D eigenvalue weighted by atomic mass is 32.1. The lowest BCUT2D eigenvalue weighted by Crippen LogP contribution is -2.61. The van der Waals surface area contributed by atoms with Crippen molar-refractivity contribution in [2.75, 3.05) is 26.7 Å². The fraction of sp³-hybridized carbons (Fsp3) is 0.615. The largest absolute Gasteiger partial charge is 0.358 e. The number of rotatable bonds is 3. The summed E-state index contributed by atoms with van der Waals surface area (Å²) in [5.41, 5.74) is 1.65. The maximum absolute atomic E-state index is 12.3. The van der Waals surface area contributed by atoms with Crippen molar-refractivity contribution >= 4 is 23.2 Å². The van der Waals surface area contributed by atoms with E-state index in [2.05, 4.69) is 29.0 Å². The third-order valence-corrected chi connectivity index (χ3v) is 4.33. The van der Waals surface area contributed by atoms with Crippen molar-refractivity contribution in [1.82, 2.24) is 20.1 Å². The Hall–Kier alpha value is -1.47. The van der Waals surface area contributed by atoms with Crippen LogP contribution >= 0.6 is 11.3 Å². The van der Waals surface area contributed by atoms with Crippen LogP contribution in [-0.4, -0.2) is 65.4 Å². The van der Waals surface area contributed by atoms with Crippen LogP contribution < -0.4 is 5.32 Å². The van der Waals surface area contributed by atoms with E-state index in [1.165, 1.54) is 11.3 Å². The summed E-state index contributed by atoms with van der Waals surface area (Å²) in [6, 6.07) is -0.0106. The van der Waals surface area contributed by atoms with Crippen LogP contribution in [-0.2, 0) is 4.79 Å². The number of piperazine rings is 1. The summed E-state index contributed by atoms with van der Waals surface area (Å²) in [6.07, 6.45) is 1.58. The van der Waals surface area contributed by atoms with Gasteiger partial charge in [-0.3, -0.25) is 19.5 Å². The fourth-order valence-electron chi connectivity index (χ4n) is 2.48. The summed E-state index contributed by atoms with van der Waals surface area (Å²) in [5, 5.41) is 2.69. The molecule has 0 saturated carbocycles. The second-order valence-electron chi connectivity index (χ2n) is 5.08. The molecule has 1 aliphatic rings. The van der Waals surface area contributed by atoms with Gasteiger partial charge in [-0.05, 0) is 13.8 Å². The standard InChI is InChI=1S/C13H20N4O2S/c1-9(2)17-5-4-16(7-10(17)12(18)14-3)13(19)11-6-15-8-20-11/h6,8-10H,4-5,7H2,1-3H3,(H,14,18)/t10-/m1/s1. The highest BCUT2D eigenvalue weighted by molar-refractivity contribution is 7.11. The van der Waals surface area contributed by atoms with Crippen LogP contribution in [0.25, 0.3) is 0 Å². The Kier molecular flexibility index (Phi) is 4.72. The van der Waals surface area contributed by atoms with Gasteiger partial charge in [0.1, 0.15) is 10.9 Å². The number of hydrogen-bond donors (Lipinski definition) is 1. The molecule has 2 rings (SSSR count).